The second-order valence-electron chi connectivity index (χ2n) is 8.31. The number of amides is 2. The van der Waals surface area contributed by atoms with Crippen LogP contribution < -0.4 is 10.6 Å². The van der Waals surface area contributed by atoms with Gasteiger partial charge in [-0.2, -0.15) is 5.10 Å². The number of fused-ring (bicyclic) bond motifs is 3. The first-order valence-corrected chi connectivity index (χ1v) is 12.2. The van der Waals surface area contributed by atoms with E-state index >= 15 is 0 Å². The van der Waals surface area contributed by atoms with E-state index in [1.54, 1.807) is 40.9 Å². The average molecular weight is 482 g/mol. The summed E-state index contributed by atoms with van der Waals surface area (Å²) in [5.74, 6) is -0.385. The van der Waals surface area contributed by atoms with E-state index in [-0.39, 0.29) is 47.7 Å². The molecule has 0 radical (unpaired) electrons. The maximum absolute atomic E-state index is 13.5. The number of aromatic nitrogens is 2. The van der Waals surface area contributed by atoms with Crippen molar-refractivity contribution in [1.29, 1.82) is 0 Å². The molecule has 9 nitrogen and oxygen atoms in total. The van der Waals surface area contributed by atoms with E-state index in [2.05, 4.69) is 22.7 Å². The highest BCUT2D eigenvalue weighted by atomic mass is 35.5. The Kier molecular flexibility index (Phi) is 6.69. The maximum atomic E-state index is 13.5. The van der Waals surface area contributed by atoms with Crippen LogP contribution in [0, 0.1) is 0 Å². The summed E-state index contributed by atoms with van der Waals surface area (Å²) in [4.78, 5) is 28.1. The molecular weight excluding hydrogens is 454 g/mol. The van der Waals surface area contributed by atoms with Gasteiger partial charge in [-0.1, -0.05) is 12.1 Å². The third kappa shape index (κ3) is 4.14. The molecule has 11 heteroatoms. The van der Waals surface area contributed by atoms with Crippen LogP contribution in [0.4, 0.5) is 0 Å². The molecule has 2 amide bonds. The van der Waals surface area contributed by atoms with Crippen LogP contribution in [0.15, 0.2) is 29.2 Å². The number of likely N-dealkylation sites (N-methyl/N-ethyl adjacent to an activating group) is 1. The SMILES string of the molecule is CNC(=O)[C@@H]1CN([C@@H](C)c2ccc(S(C)(=O)=O)cc2)C(=O)c2c3c(nn21)C[C@@H](C)NC3.Cl. The highest BCUT2D eigenvalue weighted by Gasteiger charge is 2.41. The summed E-state index contributed by atoms with van der Waals surface area (Å²) in [6.07, 6.45) is 1.86. The van der Waals surface area contributed by atoms with E-state index in [0.717, 1.165) is 23.1 Å². The Bertz CT molecular complexity index is 1150. The van der Waals surface area contributed by atoms with Crippen molar-refractivity contribution in [2.45, 2.75) is 49.8 Å². The average Bonchev–Trinajstić information content (AvgIpc) is 3.11. The van der Waals surface area contributed by atoms with Crippen molar-refractivity contribution in [1.82, 2.24) is 25.3 Å². The molecule has 2 aliphatic heterocycles. The minimum Gasteiger partial charge on any atom is -0.357 e. The van der Waals surface area contributed by atoms with Crippen LogP contribution in [0.5, 0.6) is 0 Å². The molecule has 0 spiro atoms. The standard InChI is InChI=1S/C21H27N5O4S.ClH/c1-12-9-17-16(10-23-12)19-21(28)25(11-18(20(27)22-3)26(19)24-17)13(2)14-5-7-15(8-6-14)31(4,29)30;/h5-8,12-13,18,23H,9-11H2,1-4H3,(H,22,27);1H/t12-,13+,18+;/m1./s1. The summed E-state index contributed by atoms with van der Waals surface area (Å²) in [6, 6.07) is 5.80. The molecule has 0 fully saturated rings. The lowest BCUT2D eigenvalue weighted by Crippen LogP contribution is -2.49. The van der Waals surface area contributed by atoms with Crippen LogP contribution in [0.1, 0.15) is 53.2 Å². The molecule has 1 aromatic carbocycles. The predicted octanol–water partition coefficient (Wildman–Crippen LogP) is 1.25. The summed E-state index contributed by atoms with van der Waals surface area (Å²) in [5.41, 5.74) is 2.95. The van der Waals surface area contributed by atoms with Crippen molar-refractivity contribution in [2.75, 3.05) is 19.8 Å². The largest absolute Gasteiger partial charge is 0.357 e. The van der Waals surface area contributed by atoms with Gasteiger partial charge in [0.2, 0.25) is 5.91 Å². The zero-order valence-electron chi connectivity index (χ0n) is 18.5. The molecule has 0 aliphatic carbocycles. The Hall–Kier alpha value is -2.43. The fourth-order valence-electron chi connectivity index (χ4n) is 4.31. The number of hydrogen-bond donors (Lipinski definition) is 2. The van der Waals surface area contributed by atoms with Gasteiger partial charge in [0.1, 0.15) is 11.7 Å². The fourth-order valence-corrected chi connectivity index (χ4v) is 4.94. The smallest absolute Gasteiger partial charge is 0.273 e. The summed E-state index contributed by atoms with van der Waals surface area (Å²) >= 11 is 0. The molecule has 3 heterocycles. The highest BCUT2D eigenvalue weighted by molar-refractivity contribution is 7.90. The van der Waals surface area contributed by atoms with E-state index in [9.17, 15) is 18.0 Å². The van der Waals surface area contributed by atoms with E-state index < -0.39 is 15.9 Å². The molecular formula is C21H28ClN5O4S. The molecule has 0 unspecified atom stereocenters. The van der Waals surface area contributed by atoms with E-state index in [1.807, 2.05) is 6.92 Å². The Morgan fingerprint density at radius 3 is 2.53 bits per heavy atom. The number of carbonyl (C=O) groups is 2. The minimum absolute atomic E-state index is 0. The van der Waals surface area contributed by atoms with Crippen LogP contribution in [-0.4, -0.2) is 60.8 Å². The molecule has 0 saturated heterocycles. The highest BCUT2D eigenvalue weighted by Crippen LogP contribution is 2.33. The molecule has 0 saturated carbocycles. The quantitative estimate of drug-likeness (QED) is 0.679. The van der Waals surface area contributed by atoms with E-state index in [4.69, 9.17) is 0 Å². The summed E-state index contributed by atoms with van der Waals surface area (Å²) in [5, 5.41) is 10.7. The van der Waals surface area contributed by atoms with Gasteiger partial charge in [0.15, 0.2) is 9.84 Å². The molecule has 1 aromatic heterocycles. The lowest BCUT2D eigenvalue weighted by Gasteiger charge is -2.37. The second kappa shape index (κ2) is 8.84. The van der Waals surface area contributed by atoms with E-state index in [0.29, 0.717) is 18.7 Å². The monoisotopic (exact) mass is 481 g/mol. The van der Waals surface area contributed by atoms with Gasteiger partial charge in [-0.25, -0.2) is 13.1 Å². The number of benzene rings is 1. The molecule has 2 aliphatic rings. The molecule has 32 heavy (non-hydrogen) atoms. The first kappa shape index (κ1) is 24.2. The van der Waals surface area contributed by atoms with Crippen molar-refractivity contribution in [2.24, 2.45) is 0 Å². The number of hydrogen-bond acceptors (Lipinski definition) is 6. The number of nitrogens with zero attached hydrogens (tertiary/aromatic N) is 3. The number of halogens is 1. The zero-order valence-corrected chi connectivity index (χ0v) is 20.1. The van der Waals surface area contributed by atoms with Crippen LogP contribution in [0.2, 0.25) is 0 Å². The molecule has 174 valence electrons. The third-order valence-electron chi connectivity index (χ3n) is 6.15. The zero-order chi connectivity index (χ0) is 22.5. The van der Waals surface area contributed by atoms with Crippen molar-refractivity contribution in [3.05, 3.63) is 46.8 Å². The molecule has 2 N–H and O–H groups in total. The van der Waals surface area contributed by atoms with Crippen LogP contribution >= 0.6 is 12.4 Å². The van der Waals surface area contributed by atoms with Crippen LogP contribution in [-0.2, 0) is 27.6 Å². The Morgan fingerprint density at radius 1 is 1.28 bits per heavy atom. The topological polar surface area (TPSA) is 113 Å². The first-order valence-electron chi connectivity index (χ1n) is 10.3. The lowest BCUT2D eigenvalue weighted by atomic mass is 9.98. The number of carbonyl (C=O) groups excluding carboxylic acids is 2. The van der Waals surface area contributed by atoms with Gasteiger partial charge in [0.05, 0.1) is 23.2 Å². The van der Waals surface area contributed by atoms with Crippen LogP contribution in [0.25, 0.3) is 0 Å². The van der Waals surface area contributed by atoms with E-state index in [1.165, 1.54) is 0 Å². The normalized spacial score (nSPS) is 21.2. The molecule has 0 bridgehead atoms. The Balaban J connectivity index is 0.00000289. The van der Waals surface area contributed by atoms with Gasteiger partial charge in [-0.15, -0.1) is 12.4 Å². The van der Waals surface area contributed by atoms with Crippen LogP contribution in [0.3, 0.4) is 0 Å². The summed E-state index contributed by atoms with van der Waals surface area (Å²) in [7, 11) is -1.73. The van der Waals surface area contributed by atoms with Gasteiger partial charge in [0.25, 0.3) is 5.91 Å². The molecule has 4 rings (SSSR count). The summed E-state index contributed by atoms with van der Waals surface area (Å²) < 4.78 is 25.1. The summed E-state index contributed by atoms with van der Waals surface area (Å²) in [6.45, 7) is 4.66. The van der Waals surface area contributed by atoms with Gasteiger partial charge in [-0.3, -0.25) is 9.59 Å². The van der Waals surface area contributed by atoms with Gasteiger partial charge in [0, 0.05) is 37.9 Å². The van der Waals surface area contributed by atoms with Crippen molar-refractivity contribution < 1.29 is 18.0 Å². The lowest BCUT2D eigenvalue weighted by molar-refractivity contribution is -0.125. The minimum atomic E-state index is -3.30. The van der Waals surface area contributed by atoms with Gasteiger partial charge < -0.3 is 15.5 Å². The first-order chi connectivity index (χ1) is 14.6. The third-order valence-corrected chi connectivity index (χ3v) is 7.28. The van der Waals surface area contributed by atoms with Gasteiger partial charge in [-0.05, 0) is 31.5 Å². The fraction of sp³-hybridized carbons (Fsp3) is 0.476. The number of nitrogens with one attached hydrogen (secondary N) is 2. The maximum Gasteiger partial charge on any atom is 0.273 e. The Labute approximate surface area is 193 Å². The number of sulfone groups is 1. The van der Waals surface area contributed by atoms with Crippen molar-refractivity contribution in [3.8, 4) is 0 Å². The number of rotatable bonds is 4. The predicted molar refractivity (Wildman–Crippen MR) is 122 cm³/mol. The second-order valence-corrected chi connectivity index (χ2v) is 10.3. The van der Waals surface area contributed by atoms with Crippen molar-refractivity contribution in [3.63, 3.8) is 0 Å². The molecule has 3 atom stereocenters. The molecule has 2 aromatic rings. The Morgan fingerprint density at radius 2 is 1.94 bits per heavy atom. The van der Waals surface area contributed by atoms with Crippen molar-refractivity contribution >= 4 is 34.1 Å². The van der Waals surface area contributed by atoms with Gasteiger partial charge >= 0.3 is 0 Å².